The minimum Gasteiger partial charge on any atom is -0.386 e. The topological polar surface area (TPSA) is 12.0 Å². The van der Waals surface area contributed by atoms with Crippen molar-refractivity contribution in [2.75, 3.05) is 12.4 Å². The largest absolute Gasteiger partial charge is 0.386 e. The van der Waals surface area contributed by atoms with Crippen molar-refractivity contribution in [3.63, 3.8) is 0 Å². The van der Waals surface area contributed by atoms with E-state index < -0.39 is 11.6 Å². The maximum atomic E-state index is 12.7. The highest BCUT2D eigenvalue weighted by atomic mass is 79.9. The van der Waals surface area contributed by atoms with Crippen molar-refractivity contribution in [3.8, 4) is 0 Å². The Kier molecular flexibility index (Phi) is 2.44. The number of hydrogen-bond acceptors (Lipinski definition) is 1. The van der Waals surface area contributed by atoms with Crippen molar-refractivity contribution in [1.29, 1.82) is 0 Å². The maximum absolute atomic E-state index is 12.7. The van der Waals surface area contributed by atoms with Crippen LogP contribution in [0.3, 0.4) is 0 Å². The third-order valence-corrected chi connectivity index (χ3v) is 1.89. The molecular weight excluding hydrogens is 216 g/mol. The summed E-state index contributed by atoms with van der Waals surface area (Å²) in [7, 11) is 1.57. The Morgan fingerprint density at radius 1 is 1.27 bits per heavy atom. The van der Waals surface area contributed by atoms with E-state index in [4.69, 9.17) is 0 Å². The van der Waals surface area contributed by atoms with Crippen LogP contribution in [0.4, 0.5) is 14.5 Å². The molecule has 0 amide bonds. The molecule has 60 valence electrons. The number of anilines is 1. The molecule has 0 aliphatic heterocycles. The van der Waals surface area contributed by atoms with E-state index in [1.54, 1.807) is 7.05 Å². The van der Waals surface area contributed by atoms with Crippen LogP contribution in [-0.2, 0) is 0 Å². The Bertz CT molecular complexity index is 275. The zero-order valence-corrected chi connectivity index (χ0v) is 7.37. The van der Waals surface area contributed by atoms with Gasteiger partial charge in [-0.1, -0.05) is 0 Å². The van der Waals surface area contributed by atoms with Crippen molar-refractivity contribution in [1.82, 2.24) is 0 Å². The van der Waals surface area contributed by atoms with Gasteiger partial charge in [-0.05, 0) is 22.0 Å². The molecule has 0 spiro atoms. The summed E-state index contributed by atoms with van der Waals surface area (Å²) in [6.07, 6.45) is 0. The van der Waals surface area contributed by atoms with E-state index in [2.05, 4.69) is 21.2 Å². The molecule has 1 aromatic carbocycles. The van der Waals surface area contributed by atoms with E-state index in [1.165, 1.54) is 6.07 Å². The lowest BCUT2D eigenvalue weighted by Crippen LogP contribution is -1.93. The van der Waals surface area contributed by atoms with Gasteiger partial charge in [0.15, 0.2) is 0 Å². The normalized spacial score (nSPS) is 9.82. The lowest BCUT2D eigenvalue weighted by molar-refractivity contribution is 0.581. The summed E-state index contributed by atoms with van der Waals surface area (Å²) in [4.78, 5) is 0. The number of halogens is 3. The van der Waals surface area contributed by atoms with Gasteiger partial charge in [0.25, 0.3) is 0 Å². The van der Waals surface area contributed by atoms with E-state index in [0.717, 1.165) is 6.07 Å². The molecule has 0 saturated heterocycles. The minimum atomic E-state index is -0.596. The number of nitrogens with one attached hydrogen (secondary N) is 1. The monoisotopic (exact) mass is 221 g/mol. The summed E-state index contributed by atoms with van der Waals surface area (Å²) in [6.45, 7) is 0. The van der Waals surface area contributed by atoms with Crippen LogP contribution in [0.1, 0.15) is 0 Å². The van der Waals surface area contributed by atoms with Crippen molar-refractivity contribution < 1.29 is 8.78 Å². The predicted molar refractivity (Wildman–Crippen MR) is 43.6 cm³/mol. The van der Waals surface area contributed by atoms with Gasteiger partial charge in [0.2, 0.25) is 0 Å². The van der Waals surface area contributed by atoms with Gasteiger partial charge in [-0.25, -0.2) is 8.78 Å². The molecule has 0 fully saturated rings. The SMILES string of the molecule is CNc1cc(Br)c(F)cc1F. The number of benzene rings is 1. The lowest BCUT2D eigenvalue weighted by atomic mass is 10.3. The summed E-state index contributed by atoms with van der Waals surface area (Å²) in [5.74, 6) is -1.19. The highest BCUT2D eigenvalue weighted by Crippen LogP contribution is 2.22. The molecule has 0 atom stereocenters. The summed E-state index contributed by atoms with van der Waals surface area (Å²) in [5.41, 5.74) is 0.276. The molecule has 0 aromatic heterocycles. The minimum absolute atomic E-state index is 0.253. The molecule has 0 bridgehead atoms. The van der Waals surface area contributed by atoms with Crippen LogP contribution in [0.25, 0.3) is 0 Å². The van der Waals surface area contributed by atoms with Crippen LogP contribution in [-0.4, -0.2) is 7.05 Å². The van der Waals surface area contributed by atoms with Crippen molar-refractivity contribution in [2.24, 2.45) is 0 Å². The Morgan fingerprint density at radius 2 is 1.91 bits per heavy atom. The number of rotatable bonds is 1. The lowest BCUT2D eigenvalue weighted by Gasteiger charge is -2.02. The Morgan fingerprint density at radius 3 is 2.45 bits per heavy atom. The average molecular weight is 222 g/mol. The van der Waals surface area contributed by atoms with E-state index in [0.29, 0.717) is 0 Å². The van der Waals surface area contributed by atoms with Gasteiger partial charge in [-0.2, -0.15) is 0 Å². The fourth-order valence-corrected chi connectivity index (χ4v) is 1.06. The summed E-state index contributed by atoms with van der Waals surface area (Å²) in [5, 5.41) is 2.59. The van der Waals surface area contributed by atoms with Gasteiger partial charge in [0.1, 0.15) is 11.6 Å². The second-order valence-corrected chi connectivity index (χ2v) is 2.85. The molecule has 0 saturated carbocycles. The molecule has 0 radical (unpaired) electrons. The van der Waals surface area contributed by atoms with Crippen molar-refractivity contribution in [3.05, 3.63) is 28.2 Å². The van der Waals surface area contributed by atoms with Crippen LogP contribution in [0.5, 0.6) is 0 Å². The Hall–Kier alpha value is -0.640. The third-order valence-electron chi connectivity index (χ3n) is 1.28. The highest BCUT2D eigenvalue weighted by molar-refractivity contribution is 9.10. The molecule has 0 unspecified atom stereocenters. The first kappa shape index (κ1) is 8.46. The summed E-state index contributed by atoms with van der Waals surface area (Å²) < 4.78 is 25.5. The highest BCUT2D eigenvalue weighted by Gasteiger charge is 2.05. The van der Waals surface area contributed by atoms with E-state index in [-0.39, 0.29) is 10.2 Å². The molecule has 4 heteroatoms. The predicted octanol–water partition coefficient (Wildman–Crippen LogP) is 2.77. The quantitative estimate of drug-likeness (QED) is 0.720. The summed E-state index contributed by atoms with van der Waals surface area (Å²) >= 11 is 2.94. The average Bonchev–Trinajstić information content (AvgIpc) is 1.97. The van der Waals surface area contributed by atoms with Gasteiger partial charge in [-0.3, -0.25) is 0 Å². The van der Waals surface area contributed by atoms with Crippen LogP contribution < -0.4 is 5.32 Å². The first-order valence-corrected chi connectivity index (χ1v) is 3.76. The van der Waals surface area contributed by atoms with Crippen molar-refractivity contribution in [2.45, 2.75) is 0 Å². The van der Waals surface area contributed by atoms with Crippen molar-refractivity contribution >= 4 is 21.6 Å². The van der Waals surface area contributed by atoms with Crippen LogP contribution in [0.2, 0.25) is 0 Å². The van der Waals surface area contributed by atoms with Crippen LogP contribution in [0, 0.1) is 11.6 Å². The molecular formula is C7H6BrF2N. The molecule has 1 N–H and O–H groups in total. The fourth-order valence-electron chi connectivity index (χ4n) is 0.714. The summed E-state index contributed by atoms with van der Waals surface area (Å²) in [6, 6.07) is 2.18. The second-order valence-electron chi connectivity index (χ2n) is 2.00. The molecule has 0 heterocycles. The Balaban J connectivity index is 3.21. The van der Waals surface area contributed by atoms with Gasteiger partial charge >= 0.3 is 0 Å². The smallest absolute Gasteiger partial charge is 0.149 e. The Labute approximate surface area is 71.5 Å². The second kappa shape index (κ2) is 3.17. The molecule has 11 heavy (non-hydrogen) atoms. The van der Waals surface area contributed by atoms with Gasteiger partial charge < -0.3 is 5.32 Å². The maximum Gasteiger partial charge on any atom is 0.149 e. The van der Waals surface area contributed by atoms with Crippen LogP contribution in [0.15, 0.2) is 16.6 Å². The van der Waals surface area contributed by atoms with Crippen LogP contribution >= 0.6 is 15.9 Å². The zero-order valence-electron chi connectivity index (χ0n) is 5.79. The standard InChI is InChI=1S/C7H6BrF2N/c1-11-7-2-4(8)5(9)3-6(7)10/h2-3,11H,1H3. The molecule has 1 rings (SSSR count). The number of hydrogen-bond donors (Lipinski definition) is 1. The third kappa shape index (κ3) is 1.68. The van der Waals surface area contributed by atoms with E-state index >= 15 is 0 Å². The van der Waals surface area contributed by atoms with Gasteiger partial charge in [0, 0.05) is 13.1 Å². The zero-order chi connectivity index (χ0) is 8.43. The molecule has 1 aromatic rings. The first-order valence-electron chi connectivity index (χ1n) is 2.97. The molecule has 1 nitrogen and oxygen atoms in total. The molecule has 0 aliphatic rings. The van der Waals surface area contributed by atoms with Gasteiger partial charge in [-0.15, -0.1) is 0 Å². The van der Waals surface area contributed by atoms with E-state index in [1.807, 2.05) is 0 Å². The van der Waals surface area contributed by atoms with Gasteiger partial charge in [0.05, 0.1) is 10.2 Å². The molecule has 0 aliphatic carbocycles. The van der Waals surface area contributed by atoms with E-state index in [9.17, 15) is 8.78 Å². The first-order chi connectivity index (χ1) is 5.15. The fraction of sp³-hybridized carbons (Fsp3) is 0.143.